The van der Waals surface area contributed by atoms with E-state index in [0.717, 1.165) is 31.0 Å². The Kier molecular flexibility index (Phi) is 2.74. The predicted molar refractivity (Wildman–Crippen MR) is 69.3 cm³/mol. The van der Waals surface area contributed by atoms with Crippen molar-refractivity contribution in [1.82, 2.24) is 20.2 Å². The molecule has 94 valence electrons. The van der Waals surface area contributed by atoms with Crippen LogP contribution in [0.15, 0.2) is 18.6 Å². The summed E-state index contributed by atoms with van der Waals surface area (Å²) in [6.45, 7) is 6.14. The van der Waals surface area contributed by atoms with E-state index in [9.17, 15) is 0 Å². The minimum absolute atomic E-state index is 0.585. The molecule has 1 atom stereocenters. The SMILES string of the molecule is Cc1cc(N2Cc3cn[nH]c3CC(C)C2)ncn1. The van der Waals surface area contributed by atoms with Gasteiger partial charge in [0.25, 0.3) is 0 Å². The predicted octanol–water partition coefficient (Wildman–Crippen LogP) is 1.71. The van der Waals surface area contributed by atoms with Crippen LogP contribution in [0.5, 0.6) is 0 Å². The monoisotopic (exact) mass is 243 g/mol. The van der Waals surface area contributed by atoms with Crippen molar-refractivity contribution in [2.75, 3.05) is 11.4 Å². The molecule has 2 aromatic rings. The zero-order chi connectivity index (χ0) is 12.5. The second-order valence-electron chi connectivity index (χ2n) is 5.08. The van der Waals surface area contributed by atoms with Crippen molar-refractivity contribution < 1.29 is 0 Å². The maximum absolute atomic E-state index is 4.38. The summed E-state index contributed by atoms with van der Waals surface area (Å²) in [4.78, 5) is 10.8. The van der Waals surface area contributed by atoms with Crippen molar-refractivity contribution >= 4 is 5.82 Å². The summed E-state index contributed by atoms with van der Waals surface area (Å²) in [6.07, 6.45) is 4.61. The third-order valence-electron chi connectivity index (χ3n) is 3.37. The van der Waals surface area contributed by atoms with Gasteiger partial charge >= 0.3 is 0 Å². The Morgan fingerprint density at radius 3 is 3.11 bits per heavy atom. The number of anilines is 1. The Labute approximate surface area is 106 Å². The number of hydrogen-bond donors (Lipinski definition) is 1. The van der Waals surface area contributed by atoms with Crippen LogP contribution in [-0.4, -0.2) is 26.7 Å². The number of H-pyrrole nitrogens is 1. The summed E-state index contributed by atoms with van der Waals surface area (Å²) in [7, 11) is 0. The highest BCUT2D eigenvalue weighted by molar-refractivity contribution is 5.41. The number of aromatic amines is 1. The minimum atomic E-state index is 0.585. The number of aromatic nitrogens is 4. The molecule has 0 amide bonds. The molecule has 3 heterocycles. The number of nitrogens with one attached hydrogen (secondary N) is 1. The highest BCUT2D eigenvalue weighted by Crippen LogP contribution is 2.23. The van der Waals surface area contributed by atoms with Crippen LogP contribution in [0.25, 0.3) is 0 Å². The summed E-state index contributed by atoms with van der Waals surface area (Å²) in [6, 6.07) is 2.04. The van der Waals surface area contributed by atoms with Gasteiger partial charge in [-0.05, 0) is 19.3 Å². The zero-order valence-electron chi connectivity index (χ0n) is 10.7. The quantitative estimate of drug-likeness (QED) is 0.828. The van der Waals surface area contributed by atoms with Crippen molar-refractivity contribution in [3.05, 3.63) is 35.5 Å². The Morgan fingerprint density at radius 2 is 2.28 bits per heavy atom. The van der Waals surface area contributed by atoms with Gasteiger partial charge in [-0.2, -0.15) is 5.10 Å². The zero-order valence-corrected chi connectivity index (χ0v) is 10.7. The van der Waals surface area contributed by atoms with Gasteiger partial charge in [0, 0.05) is 36.1 Å². The van der Waals surface area contributed by atoms with E-state index in [4.69, 9.17) is 0 Å². The Bertz CT molecular complexity index is 548. The van der Waals surface area contributed by atoms with E-state index in [0.29, 0.717) is 5.92 Å². The van der Waals surface area contributed by atoms with Crippen LogP contribution in [-0.2, 0) is 13.0 Å². The van der Waals surface area contributed by atoms with Crippen molar-refractivity contribution in [2.24, 2.45) is 5.92 Å². The first-order valence-electron chi connectivity index (χ1n) is 6.27. The summed E-state index contributed by atoms with van der Waals surface area (Å²) in [5.74, 6) is 1.59. The van der Waals surface area contributed by atoms with Crippen molar-refractivity contribution in [3.8, 4) is 0 Å². The van der Waals surface area contributed by atoms with Crippen LogP contribution in [0.4, 0.5) is 5.82 Å². The molecule has 1 aliphatic heterocycles. The fourth-order valence-electron chi connectivity index (χ4n) is 2.50. The molecule has 0 bridgehead atoms. The first kappa shape index (κ1) is 11.2. The maximum atomic E-state index is 4.38. The molecule has 0 aliphatic carbocycles. The van der Waals surface area contributed by atoms with E-state index in [2.05, 4.69) is 32.0 Å². The van der Waals surface area contributed by atoms with E-state index in [-0.39, 0.29) is 0 Å². The number of nitrogens with zero attached hydrogens (tertiary/aromatic N) is 4. The average molecular weight is 243 g/mol. The largest absolute Gasteiger partial charge is 0.352 e. The number of fused-ring (bicyclic) bond motifs is 1. The third-order valence-corrected chi connectivity index (χ3v) is 3.37. The van der Waals surface area contributed by atoms with Gasteiger partial charge in [-0.15, -0.1) is 0 Å². The minimum Gasteiger partial charge on any atom is -0.352 e. The lowest BCUT2D eigenvalue weighted by Crippen LogP contribution is -2.27. The Morgan fingerprint density at radius 1 is 1.39 bits per heavy atom. The van der Waals surface area contributed by atoms with Gasteiger partial charge in [-0.1, -0.05) is 6.92 Å². The second-order valence-corrected chi connectivity index (χ2v) is 5.08. The normalized spacial score (nSPS) is 19.4. The second kappa shape index (κ2) is 4.40. The molecular formula is C13H17N5. The molecule has 0 fully saturated rings. The lowest BCUT2D eigenvalue weighted by molar-refractivity contribution is 0.565. The highest BCUT2D eigenvalue weighted by atomic mass is 15.2. The standard InChI is InChI=1S/C13H17N5/c1-9-3-12-11(5-16-17-12)7-18(6-9)13-4-10(2)14-8-15-13/h4-5,8-9H,3,6-7H2,1-2H3,(H,16,17). The van der Waals surface area contributed by atoms with Gasteiger partial charge in [0.05, 0.1) is 6.20 Å². The van der Waals surface area contributed by atoms with Crippen LogP contribution in [0.1, 0.15) is 23.9 Å². The topological polar surface area (TPSA) is 57.7 Å². The summed E-state index contributed by atoms with van der Waals surface area (Å²) in [5, 5.41) is 7.24. The summed E-state index contributed by atoms with van der Waals surface area (Å²) in [5.41, 5.74) is 3.54. The van der Waals surface area contributed by atoms with Crippen LogP contribution >= 0.6 is 0 Å². The number of aryl methyl sites for hydroxylation is 1. The molecule has 0 radical (unpaired) electrons. The van der Waals surface area contributed by atoms with Crippen molar-refractivity contribution in [1.29, 1.82) is 0 Å². The average Bonchev–Trinajstić information content (AvgIpc) is 2.69. The van der Waals surface area contributed by atoms with E-state index >= 15 is 0 Å². The smallest absolute Gasteiger partial charge is 0.132 e. The van der Waals surface area contributed by atoms with Crippen LogP contribution in [0.3, 0.4) is 0 Å². The third kappa shape index (κ3) is 2.08. The molecule has 1 unspecified atom stereocenters. The number of hydrogen-bond acceptors (Lipinski definition) is 4. The van der Waals surface area contributed by atoms with Crippen LogP contribution in [0.2, 0.25) is 0 Å². The molecule has 2 aromatic heterocycles. The maximum Gasteiger partial charge on any atom is 0.132 e. The van der Waals surface area contributed by atoms with Crippen molar-refractivity contribution in [3.63, 3.8) is 0 Å². The van der Waals surface area contributed by atoms with Gasteiger partial charge in [-0.25, -0.2) is 9.97 Å². The summed E-state index contributed by atoms with van der Waals surface area (Å²) < 4.78 is 0. The molecule has 0 aromatic carbocycles. The van der Waals surface area contributed by atoms with E-state index in [1.807, 2.05) is 19.2 Å². The van der Waals surface area contributed by atoms with Crippen LogP contribution in [0, 0.1) is 12.8 Å². The first-order chi connectivity index (χ1) is 8.72. The van der Waals surface area contributed by atoms with Crippen LogP contribution < -0.4 is 4.90 Å². The lowest BCUT2D eigenvalue weighted by atomic mass is 10.1. The number of rotatable bonds is 1. The van der Waals surface area contributed by atoms with Gasteiger partial charge in [0.2, 0.25) is 0 Å². The van der Waals surface area contributed by atoms with Gasteiger partial charge in [0.1, 0.15) is 12.1 Å². The Balaban J connectivity index is 1.93. The van der Waals surface area contributed by atoms with Gasteiger partial charge < -0.3 is 4.90 Å². The van der Waals surface area contributed by atoms with E-state index in [1.54, 1.807) is 6.33 Å². The van der Waals surface area contributed by atoms with Crippen molar-refractivity contribution in [2.45, 2.75) is 26.8 Å². The van der Waals surface area contributed by atoms with Gasteiger partial charge in [-0.3, -0.25) is 5.10 Å². The molecular weight excluding hydrogens is 226 g/mol. The molecule has 18 heavy (non-hydrogen) atoms. The molecule has 0 spiro atoms. The molecule has 1 aliphatic rings. The Hall–Kier alpha value is -1.91. The molecule has 0 saturated carbocycles. The highest BCUT2D eigenvalue weighted by Gasteiger charge is 2.21. The molecule has 1 N–H and O–H groups in total. The molecule has 5 heteroatoms. The fraction of sp³-hybridized carbons (Fsp3) is 0.462. The molecule has 3 rings (SSSR count). The summed E-state index contributed by atoms with van der Waals surface area (Å²) >= 11 is 0. The van der Waals surface area contributed by atoms with E-state index in [1.165, 1.54) is 11.3 Å². The molecule has 0 saturated heterocycles. The molecule has 5 nitrogen and oxygen atoms in total. The van der Waals surface area contributed by atoms with Gasteiger partial charge in [0.15, 0.2) is 0 Å². The first-order valence-corrected chi connectivity index (χ1v) is 6.27. The lowest BCUT2D eigenvalue weighted by Gasteiger charge is -2.23. The fourth-order valence-corrected chi connectivity index (χ4v) is 2.50. The van der Waals surface area contributed by atoms with E-state index < -0.39 is 0 Å².